The number of aryl methyl sites for hydroxylation is 1. The van der Waals surface area contributed by atoms with Gasteiger partial charge in [0.1, 0.15) is 11.5 Å². The summed E-state index contributed by atoms with van der Waals surface area (Å²) in [6.45, 7) is 2.04. The van der Waals surface area contributed by atoms with Gasteiger partial charge in [-0.3, -0.25) is 20.4 Å². The van der Waals surface area contributed by atoms with E-state index in [-0.39, 0.29) is 5.91 Å². The van der Waals surface area contributed by atoms with Gasteiger partial charge in [0.15, 0.2) is 0 Å². The summed E-state index contributed by atoms with van der Waals surface area (Å²) in [5, 5.41) is 0. The maximum atomic E-state index is 12.2. The summed E-state index contributed by atoms with van der Waals surface area (Å²) in [5.74, 6) is 0.119. The molecule has 0 aliphatic heterocycles. The van der Waals surface area contributed by atoms with Gasteiger partial charge in [-0.2, -0.15) is 0 Å². The number of carbonyl (C=O) groups is 2. The molecule has 6 nitrogen and oxygen atoms in total. The molecule has 2 rings (SSSR count). The molecule has 2 aromatic rings. The molecule has 0 saturated heterocycles. The van der Waals surface area contributed by atoms with Crippen LogP contribution in [0.1, 0.15) is 33.2 Å². The Kier molecular flexibility index (Phi) is 5.78. The normalized spacial score (nSPS) is 9.96. The number of benzene rings is 2. The number of hydrogen-bond donors (Lipinski definition) is 2. The van der Waals surface area contributed by atoms with Crippen molar-refractivity contribution in [1.29, 1.82) is 0 Å². The predicted octanol–water partition coefficient (Wildman–Crippen LogP) is 2.34. The highest BCUT2D eigenvalue weighted by atomic mass is 16.5. The minimum absolute atomic E-state index is 0.313. The van der Waals surface area contributed by atoms with Crippen LogP contribution in [0.15, 0.2) is 42.5 Å². The molecule has 2 aromatic carbocycles. The molecule has 0 fully saturated rings. The zero-order valence-corrected chi connectivity index (χ0v) is 13.9. The van der Waals surface area contributed by atoms with Crippen LogP contribution in [0.2, 0.25) is 0 Å². The molecule has 24 heavy (non-hydrogen) atoms. The van der Waals surface area contributed by atoms with Crippen LogP contribution in [0.3, 0.4) is 0 Å². The molecule has 0 aliphatic rings. The van der Waals surface area contributed by atoms with E-state index in [1.807, 2.05) is 19.1 Å². The molecule has 0 atom stereocenters. The molecule has 2 N–H and O–H groups in total. The van der Waals surface area contributed by atoms with Gasteiger partial charge in [-0.25, -0.2) is 0 Å². The van der Waals surface area contributed by atoms with Crippen molar-refractivity contribution >= 4 is 11.8 Å². The fraction of sp³-hybridized carbons (Fsp3) is 0.222. The van der Waals surface area contributed by atoms with Crippen LogP contribution >= 0.6 is 0 Å². The van der Waals surface area contributed by atoms with E-state index in [1.54, 1.807) is 30.3 Å². The summed E-state index contributed by atoms with van der Waals surface area (Å²) < 4.78 is 10.2. The lowest BCUT2D eigenvalue weighted by atomic mass is 10.1. The van der Waals surface area contributed by atoms with Crippen molar-refractivity contribution < 1.29 is 19.1 Å². The predicted molar refractivity (Wildman–Crippen MR) is 90.3 cm³/mol. The standard InChI is InChI=1S/C18H20N2O4/c1-4-12-5-7-13(8-6-12)17(21)19-20-18(22)14-9-15(23-2)11-16(10-14)24-3/h5-11H,4H2,1-3H3,(H,19,21)(H,20,22). The number of hydrogen-bond acceptors (Lipinski definition) is 4. The fourth-order valence-corrected chi connectivity index (χ4v) is 2.09. The highest BCUT2D eigenvalue weighted by molar-refractivity contribution is 5.99. The quantitative estimate of drug-likeness (QED) is 0.826. The minimum Gasteiger partial charge on any atom is -0.497 e. The highest BCUT2D eigenvalue weighted by Gasteiger charge is 2.12. The number of hydrazine groups is 1. The first-order valence-electron chi connectivity index (χ1n) is 7.50. The van der Waals surface area contributed by atoms with E-state index in [4.69, 9.17) is 9.47 Å². The average molecular weight is 328 g/mol. The minimum atomic E-state index is -0.467. The van der Waals surface area contributed by atoms with E-state index in [1.165, 1.54) is 14.2 Å². The van der Waals surface area contributed by atoms with Crippen molar-refractivity contribution in [2.75, 3.05) is 14.2 Å². The molecule has 2 amide bonds. The zero-order valence-electron chi connectivity index (χ0n) is 13.9. The van der Waals surface area contributed by atoms with E-state index in [0.717, 1.165) is 12.0 Å². The van der Waals surface area contributed by atoms with Gasteiger partial charge in [0.2, 0.25) is 0 Å². The Morgan fingerprint density at radius 1 is 0.833 bits per heavy atom. The van der Waals surface area contributed by atoms with Crippen LogP contribution in [-0.4, -0.2) is 26.0 Å². The molecule has 126 valence electrons. The smallest absolute Gasteiger partial charge is 0.269 e. The van der Waals surface area contributed by atoms with Crippen LogP contribution in [0.5, 0.6) is 11.5 Å². The molecular formula is C18H20N2O4. The molecule has 0 saturated carbocycles. The van der Waals surface area contributed by atoms with Crippen molar-refractivity contribution in [3.63, 3.8) is 0 Å². The van der Waals surface area contributed by atoms with E-state index < -0.39 is 5.91 Å². The largest absolute Gasteiger partial charge is 0.497 e. The first-order valence-corrected chi connectivity index (χ1v) is 7.50. The first-order chi connectivity index (χ1) is 11.6. The van der Waals surface area contributed by atoms with Crippen LogP contribution in [0.4, 0.5) is 0 Å². The Morgan fingerprint density at radius 2 is 1.33 bits per heavy atom. The van der Waals surface area contributed by atoms with E-state index >= 15 is 0 Å². The van der Waals surface area contributed by atoms with E-state index in [9.17, 15) is 9.59 Å². The Bertz CT molecular complexity index is 704. The first kappa shape index (κ1) is 17.3. The van der Waals surface area contributed by atoms with Gasteiger partial charge in [-0.05, 0) is 36.2 Å². The lowest BCUT2D eigenvalue weighted by Crippen LogP contribution is -2.41. The Labute approximate surface area is 140 Å². The fourth-order valence-electron chi connectivity index (χ4n) is 2.09. The van der Waals surface area contributed by atoms with E-state index in [2.05, 4.69) is 10.9 Å². The molecule has 0 heterocycles. The second kappa shape index (κ2) is 8.01. The molecule has 0 radical (unpaired) electrons. The number of nitrogens with one attached hydrogen (secondary N) is 2. The van der Waals surface area contributed by atoms with Gasteiger partial charge >= 0.3 is 0 Å². The third kappa shape index (κ3) is 4.25. The zero-order chi connectivity index (χ0) is 17.5. The summed E-state index contributed by atoms with van der Waals surface area (Å²) in [5.41, 5.74) is 6.69. The Balaban J connectivity index is 2.02. The number of ether oxygens (including phenoxy) is 2. The molecule has 0 aliphatic carbocycles. The van der Waals surface area contributed by atoms with Crippen LogP contribution in [0.25, 0.3) is 0 Å². The topological polar surface area (TPSA) is 76.7 Å². The number of methoxy groups -OCH3 is 2. The monoisotopic (exact) mass is 328 g/mol. The van der Waals surface area contributed by atoms with Gasteiger partial charge in [0, 0.05) is 17.2 Å². The van der Waals surface area contributed by atoms with Gasteiger partial charge < -0.3 is 9.47 Å². The molecular weight excluding hydrogens is 308 g/mol. The summed E-state index contributed by atoms with van der Waals surface area (Å²) in [7, 11) is 3.00. The van der Waals surface area contributed by atoms with Gasteiger partial charge in [0.25, 0.3) is 11.8 Å². The van der Waals surface area contributed by atoms with Gasteiger partial charge in [-0.15, -0.1) is 0 Å². The van der Waals surface area contributed by atoms with E-state index in [0.29, 0.717) is 22.6 Å². The number of amides is 2. The SMILES string of the molecule is CCc1ccc(C(=O)NNC(=O)c2cc(OC)cc(OC)c2)cc1. The molecule has 0 bridgehead atoms. The summed E-state index contributed by atoms with van der Waals surface area (Å²) in [6.07, 6.45) is 0.899. The average Bonchev–Trinajstić information content (AvgIpc) is 2.65. The Morgan fingerprint density at radius 3 is 1.79 bits per heavy atom. The third-order valence-electron chi connectivity index (χ3n) is 3.53. The van der Waals surface area contributed by atoms with Crippen molar-refractivity contribution in [2.45, 2.75) is 13.3 Å². The molecule has 0 spiro atoms. The molecule has 6 heteroatoms. The lowest BCUT2D eigenvalue weighted by Gasteiger charge is -2.10. The van der Waals surface area contributed by atoms with Crippen LogP contribution in [-0.2, 0) is 6.42 Å². The summed E-state index contributed by atoms with van der Waals surface area (Å²) >= 11 is 0. The summed E-state index contributed by atoms with van der Waals surface area (Å²) in [6, 6.07) is 12.0. The Hall–Kier alpha value is -3.02. The van der Waals surface area contributed by atoms with Gasteiger partial charge in [-0.1, -0.05) is 19.1 Å². The molecule has 0 unspecified atom stereocenters. The highest BCUT2D eigenvalue weighted by Crippen LogP contribution is 2.22. The molecule has 0 aromatic heterocycles. The second-order valence-corrected chi connectivity index (χ2v) is 5.06. The maximum Gasteiger partial charge on any atom is 0.269 e. The van der Waals surface area contributed by atoms with Crippen molar-refractivity contribution in [2.24, 2.45) is 0 Å². The van der Waals surface area contributed by atoms with Crippen molar-refractivity contribution in [3.8, 4) is 11.5 Å². The van der Waals surface area contributed by atoms with Crippen LogP contribution < -0.4 is 20.3 Å². The van der Waals surface area contributed by atoms with Crippen LogP contribution in [0, 0.1) is 0 Å². The summed E-state index contributed by atoms with van der Waals surface area (Å²) in [4.78, 5) is 24.2. The second-order valence-electron chi connectivity index (χ2n) is 5.06. The lowest BCUT2D eigenvalue weighted by molar-refractivity contribution is 0.0846. The van der Waals surface area contributed by atoms with Crippen molar-refractivity contribution in [1.82, 2.24) is 10.9 Å². The number of carbonyl (C=O) groups excluding carboxylic acids is 2. The van der Waals surface area contributed by atoms with Crippen molar-refractivity contribution in [3.05, 3.63) is 59.2 Å². The van der Waals surface area contributed by atoms with Gasteiger partial charge in [0.05, 0.1) is 14.2 Å². The number of rotatable bonds is 5. The maximum absolute atomic E-state index is 12.2. The third-order valence-corrected chi connectivity index (χ3v) is 3.53.